The number of fused-ring (bicyclic) bond motifs is 1. The van der Waals surface area contributed by atoms with Gasteiger partial charge in [0.05, 0.1) is 18.6 Å². The summed E-state index contributed by atoms with van der Waals surface area (Å²) in [4.78, 5) is 12.4. The van der Waals surface area contributed by atoms with E-state index in [1.54, 1.807) is 7.11 Å². The summed E-state index contributed by atoms with van der Waals surface area (Å²) in [5.41, 5.74) is 2.36. The lowest BCUT2D eigenvalue weighted by Gasteiger charge is -2.28. The number of hydrogen-bond acceptors (Lipinski definition) is 3. The van der Waals surface area contributed by atoms with Gasteiger partial charge in [-0.2, -0.15) is 0 Å². The molecular formula is C16H24N2O2. The summed E-state index contributed by atoms with van der Waals surface area (Å²) in [5.74, 6) is 0.466. The molecule has 2 rings (SSSR count). The highest BCUT2D eigenvalue weighted by Gasteiger charge is 2.26. The minimum absolute atomic E-state index is 0.0111. The summed E-state index contributed by atoms with van der Waals surface area (Å²) in [6.45, 7) is 5.44. The number of para-hydroxylation sites is 1. The first-order chi connectivity index (χ1) is 9.61. The lowest BCUT2D eigenvalue weighted by molar-refractivity contribution is -0.126. The van der Waals surface area contributed by atoms with E-state index in [9.17, 15) is 4.79 Å². The molecule has 2 unspecified atom stereocenters. The number of amides is 1. The first-order valence-corrected chi connectivity index (χ1v) is 7.23. The lowest BCUT2D eigenvalue weighted by atomic mass is 9.92. The van der Waals surface area contributed by atoms with Gasteiger partial charge in [0.2, 0.25) is 5.91 Å². The highest BCUT2D eigenvalue weighted by atomic mass is 16.5. The molecule has 0 aliphatic carbocycles. The van der Waals surface area contributed by atoms with Gasteiger partial charge in [0.15, 0.2) is 0 Å². The van der Waals surface area contributed by atoms with Crippen LogP contribution in [0, 0.1) is 11.8 Å². The molecule has 1 aliphatic heterocycles. The van der Waals surface area contributed by atoms with Crippen LogP contribution in [0.25, 0.3) is 0 Å². The second-order valence-electron chi connectivity index (χ2n) is 5.75. The number of hydrogen-bond donors (Lipinski definition) is 2. The van der Waals surface area contributed by atoms with E-state index in [0.29, 0.717) is 19.1 Å². The topological polar surface area (TPSA) is 50.4 Å². The van der Waals surface area contributed by atoms with E-state index in [0.717, 1.165) is 12.1 Å². The molecule has 4 heteroatoms. The first-order valence-electron chi connectivity index (χ1n) is 7.23. The van der Waals surface area contributed by atoms with Crippen molar-refractivity contribution < 1.29 is 9.53 Å². The molecule has 0 radical (unpaired) electrons. The molecule has 0 fully saturated rings. The van der Waals surface area contributed by atoms with Gasteiger partial charge in [-0.15, -0.1) is 0 Å². The van der Waals surface area contributed by atoms with Crippen LogP contribution in [0.3, 0.4) is 0 Å². The van der Waals surface area contributed by atoms with Gasteiger partial charge in [-0.3, -0.25) is 4.79 Å². The fraction of sp³-hybridized carbons (Fsp3) is 0.562. The summed E-state index contributed by atoms with van der Waals surface area (Å²) in [6.07, 6.45) is 0.798. The van der Waals surface area contributed by atoms with Crippen molar-refractivity contribution in [3.05, 3.63) is 29.8 Å². The van der Waals surface area contributed by atoms with E-state index in [1.807, 2.05) is 12.1 Å². The third kappa shape index (κ3) is 3.51. The Labute approximate surface area is 120 Å². The van der Waals surface area contributed by atoms with Crippen molar-refractivity contribution in [2.45, 2.75) is 26.3 Å². The lowest BCUT2D eigenvalue weighted by Crippen LogP contribution is -2.47. The molecule has 1 aromatic carbocycles. The van der Waals surface area contributed by atoms with E-state index in [1.165, 1.54) is 5.56 Å². The van der Waals surface area contributed by atoms with Gasteiger partial charge in [0.25, 0.3) is 0 Å². The summed E-state index contributed by atoms with van der Waals surface area (Å²) >= 11 is 0. The normalized spacial score (nSPS) is 19.1. The van der Waals surface area contributed by atoms with Crippen LogP contribution in [0.5, 0.6) is 0 Å². The van der Waals surface area contributed by atoms with E-state index in [2.05, 4.69) is 36.6 Å². The van der Waals surface area contributed by atoms with E-state index >= 15 is 0 Å². The molecule has 1 heterocycles. The molecule has 4 nitrogen and oxygen atoms in total. The van der Waals surface area contributed by atoms with Gasteiger partial charge in [-0.05, 0) is 24.0 Å². The Bertz CT molecular complexity index is 460. The number of rotatable bonds is 5. The van der Waals surface area contributed by atoms with Gasteiger partial charge in [-0.1, -0.05) is 32.0 Å². The van der Waals surface area contributed by atoms with Crippen molar-refractivity contribution in [3.8, 4) is 0 Å². The van der Waals surface area contributed by atoms with Crippen molar-refractivity contribution in [2.24, 2.45) is 11.8 Å². The van der Waals surface area contributed by atoms with Gasteiger partial charge < -0.3 is 15.4 Å². The summed E-state index contributed by atoms with van der Waals surface area (Å²) in [7, 11) is 1.67. The Morgan fingerprint density at radius 1 is 1.45 bits per heavy atom. The van der Waals surface area contributed by atoms with E-state index < -0.39 is 0 Å². The molecule has 20 heavy (non-hydrogen) atoms. The number of ether oxygens (including phenoxy) is 1. The maximum Gasteiger partial charge on any atom is 0.225 e. The third-order valence-corrected chi connectivity index (χ3v) is 3.87. The number of nitrogens with one attached hydrogen (secondary N) is 2. The predicted molar refractivity (Wildman–Crippen MR) is 80.8 cm³/mol. The maximum absolute atomic E-state index is 12.4. The van der Waals surface area contributed by atoms with Gasteiger partial charge in [-0.25, -0.2) is 0 Å². The molecule has 0 saturated carbocycles. The number of carbonyl (C=O) groups excluding carboxylic acids is 1. The van der Waals surface area contributed by atoms with Crippen molar-refractivity contribution in [1.29, 1.82) is 0 Å². The molecular weight excluding hydrogens is 252 g/mol. The number of carbonyl (C=O) groups is 1. The largest absolute Gasteiger partial charge is 0.384 e. The SMILES string of the molecule is COCC(NC(=O)C1CNc2ccccc2C1)C(C)C. The number of methoxy groups -OCH3 is 1. The predicted octanol–water partition coefficient (Wildman–Crippen LogP) is 2.06. The van der Waals surface area contributed by atoms with Crippen molar-refractivity contribution in [2.75, 3.05) is 25.6 Å². The second kappa shape index (κ2) is 6.75. The van der Waals surface area contributed by atoms with Gasteiger partial charge in [0.1, 0.15) is 0 Å². The minimum Gasteiger partial charge on any atom is -0.384 e. The zero-order valence-corrected chi connectivity index (χ0v) is 12.5. The Hall–Kier alpha value is -1.55. The zero-order chi connectivity index (χ0) is 14.5. The minimum atomic E-state index is -0.0111. The smallest absolute Gasteiger partial charge is 0.225 e. The Kier molecular flexibility index (Phi) is 5.01. The molecule has 1 amide bonds. The number of benzene rings is 1. The average molecular weight is 276 g/mol. The Morgan fingerprint density at radius 2 is 2.20 bits per heavy atom. The van der Waals surface area contributed by atoms with Crippen LogP contribution >= 0.6 is 0 Å². The van der Waals surface area contributed by atoms with E-state index in [-0.39, 0.29) is 17.9 Å². The monoisotopic (exact) mass is 276 g/mol. The highest BCUT2D eigenvalue weighted by molar-refractivity contribution is 5.81. The van der Waals surface area contributed by atoms with Crippen LogP contribution in [-0.4, -0.2) is 32.2 Å². The van der Waals surface area contributed by atoms with Crippen LogP contribution in [0.1, 0.15) is 19.4 Å². The average Bonchev–Trinajstić information content (AvgIpc) is 2.46. The molecule has 0 saturated heterocycles. The first kappa shape index (κ1) is 14.9. The van der Waals surface area contributed by atoms with Crippen LogP contribution in [0.2, 0.25) is 0 Å². The van der Waals surface area contributed by atoms with Crippen LogP contribution < -0.4 is 10.6 Å². The zero-order valence-electron chi connectivity index (χ0n) is 12.5. The third-order valence-electron chi connectivity index (χ3n) is 3.87. The van der Waals surface area contributed by atoms with Crippen molar-refractivity contribution in [3.63, 3.8) is 0 Å². The molecule has 1 aliphatic rings. The molecule has 110 valence electrons. The molecule has 2 atom stereocenters. The summed E-state index contributed by atoms with van der Waals surface area (Å²) in [6, 6.07) is 8.24. The fourth-order valence-electron chi connectivity index (χ4n) is 2.51. The van der Waals surface area contributed by atoms with Crippen molar-refractivity contribution >= 4 is 11.6 Å². The van der Waals surface area contributed by atoms with Crippen LogP contribution in [-0.2, 0) is 16.0 Å². The number of anilines is 1. The van der Waals surface area contributed by atoms with E-state index in [4.69, 9.17) is 4.74 Å². The van der Waals surface area contributed by atoms with Gasteiger partial charge in [0, 0.05) is 19.3 Å². The fourth-order valence-corrected chi connectivity index (χ4v) is 2.51. The van der Waals surface area contributed by atoms with Crippen LogP contribution in [0.15, 0.2) is 24.3 Å². The van der Waals surface area contributed by atoms with Crippen LogP contribution in [0.4, 0.5) is 5.69 Å². The molecule has 0 spiro atoms. The summed E-state index contributed by atoms with van der Waals surface area (Å²) < 4.78 is 5.18. The molecule has 0 bridgehead atoms. The Balaban J connectivity index is 1.97. The maximum atomic E-state index is 12.4. The Morgan fingerprint density at radius 3 is 2.90 bits per heavy atom. The van der Waals surface area contributed by atoms with Crippen molar-refractivity contribution in [1.82, 2.24) is 5.32 Å². The second-order valence-corrected chi connectivity index (χ2v) is 5.75. The standard InChI is InChI=1S/C16H24N2O2/c1-11(2)15(10-20-3)18-16(19)13-8-12-6-4-5-7-14(12)17-9-13/h4-7,11,13,15,17H,8-10H2,1-3H3,(H,18,19). The highest BCUT2D eigenvalue weighted by Crippen LogP contribution is 2.24. The molecule has 1 aromatic rings. The quantitative estimate of drug-likeness (QED) is 0.865. The summed E-state index contributed by atoms with van der Waals surface area (Å²) in [5, 5.41) is 6.45. The molecule has 2 N–H and O–H groups in total. The molecule has 0 aromatic heterocycles. The van der Waals surface area contributed by atoms with Gasteiger partial charge >= 0.3 is 0 Å².